The summed E-state index contributed by atoms with van der Waals surface area (Å²) in [6, 6.07) is 17.2. The van der Waals surface area contributed by atoms with Crippen LogP contribution in [0.4, 0.5) is 5.69 Å². The fraction of sp³-hybridized carbons (Fsp3) is 0.200. The highest BCUT2D eigenvalue weighted by molar-refractivity contribution is 8.16. The maximum absolute atomic E-state index is 12.3. The number of para-hydroxylation sites is 1. The number of anilines is 1. The van der Waals surface area contributed by atoms with E-state index in [1.165, 1.54) is 5.70 Å². The summed E-state index contributed by atoms with van der Waals surface area (Å²) in [4.78, 5) is 19.0. The van der Waals surface area contributed by atoms with Crippen molar-refractivity contribution < 1.29 is 9.53 Å². The smallest absolute Gasteiger partial charge is 0.265 e. The summed E-state index contributed by atoms with van der Waals surface area (Å²) in [6.07, 6.45) is -0.575. The Balaban J connectivity index is 1.38. The molecule has 0 spiro atoms. The maximum Gasteiger partial charge on any atom is 0.265 e. The van der Waals surface area contributed by atoms with Crippen LogP contribution in [0.2, 0.25) is 0 Å². The van der Waals surface area contributed by atoms with E-state index in [1.807, 2.05) is 54.6 Å². The molecule has 2 aliphatic rings. The van der Waals surface area contributed by atoms with Crippen LogP contribution in [0.3, 0.4) is 0 Å². The number of amides is 1. The van der Waals surface area contributed by atoms with Crippen LogP contribution in [0.15, 0.2) is 65.0 Å². The first-order valence-corrected chi connectivity index (χ1v) is 9.40. The molecule has 0 aromatic heterocycles. The number of carbonyl (C=O) groups excluding carboxylic acids is 1. The van der Waals surface area contributed by atoms with E-state index >= 15 is 0 Å². The van der Waals surface area contributed by atoms with Crippen molar-refractivity contribution in [2.24, 2.45) is 4.99 Å². The van der Waals surface area contributed by atoms with Gasteiger partial charge in [0.2, 0.25) is 0 Å². The zero-order chi connectivity index (χ0) is 17.9. The molecule has 0 aliphatic carbocycles. The summed E-state index contributed by atoms with van der Waals surface area (Å²) in [5.74, 6) is 0.505. The molecule has 4 rings (SSSR count). The number of amidine groups is 1. The van der Waals surface area contributed by atoms with E-state index in [1.54, 1.807) is 18.7 Å². The second-order valence-electron chi connectivity index (χ2n) is 6.08. The third-order valence-corrected chi connectivity index (χ3v) is 5.14. The summed E-state index contributed by atoms with van der Waals surface area (Å²) < 4.78 is 5.66. The van der Waals surface area contributed by atoms with Crippen molar-refractivity contribution in [2.45, 2.75) is 13.0 Å². The monoisotopic (exact) mass is 365 g/mol. The predicted octanol–water partition coefficient (Wildman–Crippen LogP) is 3.81. The molecule has 2 aromatic rings. The van der Waals surface area contributed by atoms with Crippen LogP contribution < -0.4 is 10.1 Å². The van der Waals surface area contributed by atoms with Gasteiger partial charge >= 0.3 is 0 Å². The second kappa shape index (κ2) is 7.25. The highest BCUT2D eigenvalue weighted by atomic mass is 32.2. The third-order valence-electron chi connectivity index (χ3n) is 4.24. The number of nitrogens with one attached hydrogen (secondary N) is 1. The molecule has 0 bridgehead atoms. The van der Waals surface area contributed by atoms with Gasteiger partial charge in [-0.05, 0) is 36.8 Å². The third kappa shape index (κ3) is 3.46. The molecule has 1 atom stereocenters. The summed E-state index contributed by atoms with van der Waals surface area (Å²) >= 11 is 1.66. The molecule has 0 saturated heterocycles. The molecule has 0 radical (unpaired) electrons. The average molecular weight is 365 g/mol. The molecular formula is C20H19N3O2S. The lowest BCUT2D eigenvalue weighted by Crippen LogP contribution is -2.30. The van der Waals surface area contributed by atoms with Crippen LogP contribution in [-0.2, 0) is 4.79 Å². The standard InChI is InChI=1S/C20H19N3O2S/c1-14(25-17-5-3-2-4-6-17)19(24)22-16-9-7-15(8-10-16)18-13-26-20-21-11-12-23(18)20/h2-10,13-14H,11-12H2,1H3,(H,22,24). The number of aliphatic imine (C=N–C) groups is 1. The van der Waals surface area contributed by atoms with E-state index in [4.69, 9.17) is 4.74 Å². The lowest BCUT2D eigenvalue weighted by molar-refractivity contribution is -0.122. The van der Waals surface area contributed by atoms with Gasteiger partial charge in [0.25, 0.3) is 5.91 Å². The Morgan fingerprint density at radius 3 is 2.73 bits per heavy atom. The first-order valence-electron chi connectivity index (χ1n) is 8.52. The molecule has 2 heterocycles. The summed E-state index contributed by atoms with van der Waals surface area (Å²) in [6.45, 7) is 3.53. The Morgan fingerprint density at radius 1 is 1.19 bits per heavy atom. The van der Waals surface area contributed by atoms with Crippen molar-refractivity contribution in [3.8, 4) is 5.75 Å². The van der Waals surface area contributed by atoms with Gasteiger partial charge in [-0.15, -0.1) is 0 Å². The molecule has 2 aromatic carbocycles. The lowest BCUT2D eigenvalue weighted by atomic mass is 10.1. The second-order valence-corrected chi connectivity index (χ2v) is 6.91. The van der Waals surface area contributed by atoms with Crippen LogP contribution in [0, 0.1) is 0 Å². The molecule has 1 N–H and O–H groups in total. The largest absolute Gasteiger partial charge is 0.481 e. The van der Waals surface area contributed by atoms with E-state index in [0.717, 1.165) is 29.5 Å². The molecule has 0 fully saturated rings. The average Bonchev–Trinajstić information content (AvgIpc) is 3.27. The Labute approximate surface area is 156 Å². The predicted molar refractivity (Wildman–Crippen MR) is 106 cm³/mol. The number of ether oxygens (including phenoxy) is 1. The molecule has 132 valence electrons. The van der Waals surface area contributed by atoms with Gasteiger partial charge in [-0.3, -0.25) is 9.79 Å². The molecule has 2 aliphatic heterocycles. The topological polar surface area (TPSA) is 53.9 Å². The number of hydrogen-bond acceptors (Lipinski definition) is 5. The number of thioether (sulfide) groups is 1. The summed E-state index contributed by atoms with van der Waals surface area (Å²) in [5, 5.41) is 6.10. The van der Waals surface area contributed by atoms with Crippen LogP contribution in [0.1, 0.15) is 12.5 Å². The zero-order valence-electron chi connectivity index (χ0n) is 14.4. The molecule has 5 nitrogen and oxygen atoms in total. The minimum absolute atomic E-state index is 0.175. The van der Waals surface area contributed by atoms with Gasteiger partial charge in [-0.1, -0.05) is 42.1 Å². The van der Waals surface area contributed by atoms with Crippen LogP contribution in [0.5, 0.6) is 5.75 Å². The molecule has 1 amide bonds. The molecule has 0 saturated carbocycles. The Morgan fingerprint density at radius 2 is 1.96 bits per heavy atom. The molecule has 1 unspecified atom stereocenters. The first-order chi connectivity index (χ1) is 12.7. The van der Waals surface area contributed by atoms with E-state index in [2.05, 4.69) is 20.6 Å². The minimum Gasteiger partial charge on any atom is -0.481 e. The SMILES string of the molecule is CC(Oc1ccccc1)C(=O)Nc1ccc(C2=CSC3=NCCN23)cc1. The summed E-state index contributed by atoms with van der Waals surface area (Å²) in [5.41, 5.74) is 3.05. The van der Waals surface area contributed by atoms with E-state index in [0.29, 0.717) is 5.75 Å². The van der Waals surface area contributed by atoms with Crippen molar-refractivity contribution in [3.05, 3.63) is 65.6 Å². The van der Waals surface area contributed by atoms with Gasteiger partial charge < -0.3 is 15.0 Å². The van der Waals surface area contributed by atoms with Crippen molar-refractivity contribution in [3.63, 3.8) is 0 Å². The minimum atomic E-state index is -0.575. The van der Waals surface area contributed by atoms with Crippen molar-refractivity contribution in [1.29, 1.82) is 0 Å². The lowest BCUT2D eigenvalue weighted by Gasteiger charge is -2.17. The van der Waals surface area contributed by atoms with Gasteiger partial charge in [0.05, 0.1) is 12.2 Å². The Kier molecular flexibility index (Phi) is 4.67. The van der Waals surface area contributed by atoms with Gasteiger partial charge in [-0.25, -0.2) is 0 Å². The van der Waals surface area contributed by atoms with Gasteiger partial charge in [-0.2, -0.15) is 0 Å². The highest BCUT2D eigenvalue weighted by Gasteiger charge is 2.27. The van der Waals surface area contributed by atoms with Crippen LogP contribution in [0.25, 0.3) is 5.70 Å². The van der Waals surface area contributed by atoms with Crippen molar-refractivity contribution >= 4 is 34.2 Å². The summed E-state index contributed by atoms with van der Waals surface area (Å²) in [7, 11) is 0. The zero-order valence-corrected chi connectivity index (χ0v) is 15.2. The molecule has 26 heavy (non-hydrogen) atoms. The first kappa shape index (κ1) is 16.7. The maximum atomic E-state index is 12.3. The number of rotatable bonds is 5. The van der Waals surface area contributed by atoms with Crippen LogP contribution in [-0.4, -0.2) is 35.2 Å². The number of benzene rings is 2. The molecular weight excluding hydrogens is 346 g/mol. The Bertz CT molecular complexity index is 862. The Hall–Kier alpha value is -2.73. The van der Waals surface area contributed by atoms with Crippen LogP contribution >= 0.6 is 11.8 Å². The van der Waals surface area contributed by atoms with E-state index in [9.17, 15) is 4.79 Å². The number of nitrogens with zero attached hydrogens (tertiary/aromatic N) is 2. The fourth-order valence-corrected chi connectivity index (χ4v) is 3.84. The van der Waals surface area contributed by atoms with Gasteiger partial charge in [0, 0.05) is 17.6 Å². The van der Waals surface area contributed by atoms with Gasteiger partial charge in [0.1, 0.15) is 5.75 Å². The highest BCUT2D eigenvalue weighted by Crippen LogP contribution is 2.35. The van der Waals surface area contributed by atoms with E-state index in [-0.39, 0.29) is 5.91 Å². The fourth-order valence-electron chi connectivity index (χ4n) is 2.87. The quantitative estimate of drug-likeness (QED) is 0.875. The van der Waals surface area contributed by atoms with Crippen molar-refractivity contribution in [1.82, 2.24) is 4.90 Å². The van der Waals surface area contributed by atoms with Gasteiger partial charge in [0.15, 0.2) is 11.3 Å². The number of carbonyl (C=O) groups is 1. The number of fused-ring (bicyclic) bond motifs is 1. The van der Waals surface area contributed by atoms with E-state index < -0.39 is 6.10 Å². The molecule has 6 heteroatoms. The van der Waals surface area contributed by atoms with Crippen molar-refractivity contribution in [2.75, 3.05) is 18.4 Å². The normalized spacial score (nSPS) is 16.6. The number of hydrogen-bond donors (Lipinski definition) is 1.